The zero-order chi connectivity index (χ0) is 16.5. The highest BCUT2D eigenvalue weighted by atomic mass is 16.6. The van der Waals surface area contributed by atoms with E-state index < -0.39 is 5.60 Å². The maximum atomic E-state index is 12.4. The van der Waals surface area contributed by atoms with Crippen LogP contribution in [0.25, 0.3) is 0 Å². The number of hydrogen-bond donors (Lipinski definition) is 2. The summed E-state index contributed by atoms with van der Waals surface area (Å²) in [4.78, 5) is 12.4. The van der Waals surface area contributed by atoms with Crippen LogP contribution in [-0.2, 0) is 9.47 Å². The Hall–Kier alpha value is -1.89. The molecular formula is C17H23NO5. The number of carbonyl (C=O) groups is 1. The van der Waals surface area contributed by atoms with E-state index in [1.165, 1.54) is 0 Å². The first kappa shape index (κ1) is 17.5. The fraction of sp³-hybridized carbons (Fsp3) is 0.471. The number of ether oxygens (including phenoxy) is 3. The molecule has 0 aliphatic carbocycles. The van der Waals surface area contributed by atoms with E-state index in [1.54, 1.807) is 24.3 Å². The Morgan fingerprint density at radius 1 is 1.48 bits per heavy atom. The number of aliphatic hydroxyl groups excluding tert-OH is 1. The van der Waals surface area contributed by atoms with Crippen molar-refractivity contribution in [2.45, 2.75) is 12.0 Å². The lowest BCUT2D eigenvalue weighted by Crippen LogP contribution is -2.46. The minimum Gasteiger partial charge on any atom is -0.489 e. The van der Waals surface area contributed by atoms with Gasteiger partial charge in [0.15, 0.2) is 0 Å². The molecule has 0 aromatic heterocycles. The lowest BCUT2D eigenvalue weighted by Gasteiger charge is -2.28. The summed E-state index contributed by atoms with van der Waals surface area (Å²) in [5.74, 6) is 0.279. The Balaban J connectivity index is 1.99. The zero-order valence-electron chi connectivity index (χ0n) is 13.1. The van der Waals surface area contributed by atoms with Gasteiger partial charge < -0.3 is 24.6 Å². The SMILES string of the molecule is C=CCOc1ccccc1C(=O)NCC1(OCCO)CCOC1. The summed E-state index contributed by atoms with van der Waals surface area (Å²) in [5.41, 5.74) is -0.111. The third-order valence-electron chi connectivity index (χ3n) is 3.63. The van der Waals surface area contributed by atoms with E-state index in [4.69, 9.17) is 19.3 Å². The quantitative estimate of drug-likeness (QED) is 0.667. The molecular weight excluding hydrogens is 298 g/mol. The Morgan fingerprint density at radius 2 is 2.30 bits per heavy atom. The van der Waals surface area contributed by atoms with Crippen LogP contribution in [0.3, 0.4) is 0 Å². The molecule has 2 rings (SSSR count). The molecule has 0 bridgehead atoms. The lowest BCUT2D eigenvalue weighted by molar-refractivity contribution is -0.0582. The average Bonchev–Trinajstić information content (AvgIpc) is 3.05. The second-order valence-corrected chi connectivity index (χ2v) is 5.34. The van der Waals surface area contributed by atoms with E-state index in [1.807, 2.05) is 6.07 Å². The van der Waals surface area contributed by atoms with Gasteiger partial charge in [-0.15, -0.1) is 0 Å². The van der Waals surface area contributed by atoms with Gasteiger partial charge in [0.1, 0.15) is 18.0 Å². The molecule has 126 valence electrons. The van der Waals surface area contributed by atoms with Crippen LogP contribution in [0.4, 0.5) is 0 Å². The summed E-state index contributed by atoms with van der Waals surface area (Å²) in [6.07, 6.45) is 2.31. The van der Waals surface area contributed by atoms with E-state index in [0.29, 0.717) is 44.1 Å². The Morgan fingerprint density at radius 3 is 3.00 bits per heavy atom. The lowest BCUT2D eigenvalue weighted by atomic mass is 10.0. The topological polar surface area (TPSA) is 77.0 Å². The molecule has 1 saturated heterocycles. The smallest absolute Gasteiger partial charge is 0.255 e. The fourth-order valence-electron chi connectivity index (χ4n) is 2.42. The summed E-state index contributed by atoms with van der Waals surface area (Å²) in [6, 6.07) is 7.05. The van der Waals surface area contributed by atoms with Crippen molar-refractivity contribution >= 4 is 5.91 Å². The standard InChI is InChI=1S/C17H23NO5/c1-2-9-22-15-6-4-3-5-14(15)16(20)18-12-17(23-11-8-19)7-10-21-13-17/h2-6,19H,1,7-13H2,(H,18,20). The van der Waals surface area contributed by atoms with Crippen LogP contribution < -0.4 is 10.1 Å². The van der Waals surface area contributed by atoms with Crippen molar-refractivity contribution in [3.63, 3.8) is 0 Å². The Bertz CT molecular complexity index is 525. The van der Waals surface area contributed by atoms with E-state index in [2.05, 4.69) is 11.9 Å². The molecule has 1 aliphatic heterocycles. The molecule has 1 fully saturated rings. The molecule has 23 heavy (non-hydrogen) atoms. The van der Waals surface area contributed by atoms with Crippen LogP contribution >= 0.6 is 0 Å². The molecule has 1 aliphatic rings. The summed E-state index contributed by atoms with van der Waals surface area (Å²) in [5, 5.41) is 11.8. The van der Waals surface area contributed by atoms with Crippen molar-refractivity contribution < 1.29 is 24.1 Å². The Labute approximate surface area is 136 Å². The van der Waals surface area contributed by atoms with E-state index in [9.17, 15) is 4.79 Å². The molecule has 1 aromatic carbocycles. The van der Waals surface area contributed by atoms with Crippen LogP contribution in [0, 0.1) is 0 Å². The highest BCUT2D eigenvalue weighted by Gasteiger charge is 2.36. The number of nitrogens with one attached hydrogen (secondary N) is 1. The first-order valence-corrected chi connectivity index (χ1v) is 7.64. The number of amides is 1. The van der Waals surface area contributed by atoms with Gasteiger partial charge in [0.25, 0.3) is 5.91 Å². The molecule has 1 amide bonds. The maximum Gasteiger partial charge on any atom is 0.255 e. The number of benzene rings is 1. The summed E-state index contributed by atoms with van der Waals surface area (Å²) in [6.45, 7) is 5.40. The van der Waals surface area contributed by atoms with Crippen molar-refractivity contribution in [1.29, 1.82) is 0 Å². The third kappa shape index (κ3) is 4.79. The molecule has 6 heteroatoms. The summed E-state index contributed by atoms with van der Waals surface area (Å²) < 4.78 is 16.6. The first-order valence-electron chi connectivity index (χ1n) is 7.64. The van der Waals surface area contributed by atoms with Crippen LogP contribution in [0.2, 0.25) is 0 Å². The minimum absolute atomic E-state index is 0.0616. The first-order chi connectivity index (χ1) is 11.2. The van der Waals surface area contributed by atoms with Crippen molar-refractivity contribution in [2.75, 3.05) is 39.6 Å². The molecule has 1 atom stereocenters. The van der Waals surface area contributed by atoms with Crippen LogP contribution in [0.1, 0.15) is 16.8 Å². The predicted molar refractivity (Wildman–Crippen MR) is 85.7 cm³/mol. The predicted octanol–water partition coefficient (Wildman–Crippen LogP) is 1.15. The van der Waals surface area contributed by atoms with Crippen LogP contribution in [0.15, 0.2) is 36.9 Å². The zero-order valence-corrected chi connectivity index (χ0v) is 13.1. The molecule has 1 aromatic rings. The van der Waals surface area contributed by atoms with Crippen molar-refractivity contribution in [3.8, 4) is 5.75 Å². The fourth-order valence-corrected chi connectivity index (χ4v) is 2.42. The average molecular weight is 321 g/mol. The van der Waals surface area contributed by atoms with E-state index in [0.717, 1.165) is 0 Å². The van der Waals surface area contributed by atoms with Gasteiger partial charge in [-0.2, -0.15) is 0 Å². The molecule has 1 unspecified atom stereocenters. The van der Waals surface area contributed by atoms with Crippen LogP contribution in [-0.4, -0.2) is 56.2 Å². The van der Waals surface area contributed by atoms with Gasteiger partial charge in [-0.05, 0) is 12.1 Å². The highest BCUT2D eigenvalue weighted by Crippen LogP contribution is 2.23. The second-order valence-electron chi connectivity index (χ2n) is 5.34. The van der Waals surface area contributed by atoms with Crippen molar-refractivity contribution in [2.24, 2.45) is 0 Å². The molecule has 6 nitrogen and oxygen atoms in total. The van der Waals surface area contributed by atoms with Gasteiger partial charge in [0, 0.05) is 19.6 Å². The summed E-state index contributed by atoms with van der Waals surface area (Å²) >= 11 is 0. The van der Waals surface area contributed by atoms with Gasteiger partial charge in [0.2, 0.25) is 0 Å². The Kier molecular flexibility index (Phi) is 6.58. The maximum absolute atomic E-state index is 12.4. The van der Waals surface area contributed by atoms with Gasteiger partial charge in [-0.25, -0.2) is 0 Å². The number of para-hydroxylation sites is 1. The van der Waals surface area contributed by atoms with E-state index >= 15 is 0 Å². The molecule has 0 spiro atoms. The molecule has 0 saturated carbocycles. The minimum atomic E-state index is -0.574. The van der Waals surface area contributed by atoms with Gasteiger partial charge >= 0.3 is 0 Å². The normalized spacial score (nSPS) is 20.2. The molecule has 1 heterocycles. The van der Waals surface area contributed by atoms with Gasteiger partial charge in [-0.3, -0.25) is 4.79 Å². The van der Waals surface area contributed by atoms with Crippen LogP contribution in [0.5, 0.6) is 5.75 Å². The third-order valence-corrected chi connectivity index (χ3v) is 3.63. The summed E-state index contributed by atoms with van der Waals surface area (Å²) in [7, 11) is 0. The van der Waals surface area contributed by atoms with E-state index in [-0.39, 0.29) is 19.1 Å². The van der Waals surface area contributed by atoms with Crippen molar-refractivity contribution in [1.82, 2.24) is 5.32 Å². The van der Waals surface area contributed by atoms with Gasteiger partial charge in [0.05, 0.1) is 25.4 Å². The number of rotatable bonds is 9. The number of hydrogen-bond acceptors (Lipinski definition) is 5. The monoisotopic (exact) mass is 321 g/mol. The highest BCUT2D eigenvalue weighted by molar-refractivity contribution is 5.96. The second kappa shape index (κ2) is 8.67. The number of aliphatic hydroxyl groups is 1. The van der Waals surface area contributed by atoms with Gasteiger partial charge in [-0.1, -0.05) is 24.8 Å². The largest absolute Gasteiger partial charge is 0.489 e. The number of carbonyl (C=O) groups excluding carboxylic acids is 1. The molecule has 0 radical (unpaired) electrons. The molecule has 2 N–H and O–H groups in total. The van der Waals surface area contributed by atoms with Crippen molar-refractivity contribution in [3.05, 3.63) is 42.5 Å².